The first kappa shape index (κ1) is 10.9. The SMILES string of the molecule is Cc1nonc1CSc1cc(N)cc(F)c1. The standard InChI is InChI=1S/C10H10FN3OS/c1-6-10(14-15-13-6)5-16-9-3-7(11)2-8(12)4-9/h2-4H,5,12H2,1H3. The van der Waals surface area contributed by atoms with Gasteiger partial charge in [0.05, 0.1) is 0 Å². The predicted octanol–water partition coefficient (Wildman–Crippen LogP) is 2.39. The molecule has 0 fully saturated rings. The summed E-state index contributed by atoms with van der Waals surface area (Å²) in [7, 11) is 0. The van der Waals surface area contributed by atoms with Gasteiger partial charge in [0.1, 0.15) is 17.2 Å². The average Bonchev–Trinajstić information content (AvgIpc) is 2.59. The number of aromatic nitrogens is 2. The van der Waals surface area contributed by atoms with Crippen LogP contribution in [-0.2, 0) is 5.75 Å². The van der Waals surface area contributed by atoms with E-state index in [0.29, 0.717) is 11.4 Å². The number of halogens is 1. The molecule has 0 saturated heterocycles. The third kappa shape index (κ3) is 2.52. The molecule has 0 bridgehead atoms. The van der Waals surface area contributed by atoms with Crippen molar-refractivity contribution in [3.8, 4) is 0 Å². The Labute approximate surface area is 96.0 Å². The minimum Gasteiger partial charge on any atom is -0.399 e. The highest BCUT2D eigenvalue weighted by molar-refractivity contribution is 7.98. The summed E-state index contributed by atoms with van der Waals surface area (Å²) >= 11 is 1.44. The molecule has 1 aromatic heterocycles. The lowest BCUT2D eigenvalue weighted by Gasteiger charge is -2.01. The Morgan fingerprint density at radius 3 is 2.81 bits per heavy atom. The monoisotopic (exact) mass is 239 g/mol. The Hall–Kier alpha value is -1.56. The first-order chi connectivity index (χ1) is 7.65. The Morgan fingerprint density at radius 2 is 2.19 bits per heavy atom. The predicted molar refractivity (Wildman–Crippen MR) is 59.4 cm³/mol. The number of hydrogen-bond acceptors (Lipinski definition) is 5. The van der Waals surface area contributed by atoms with Crippen molar-refractivity contribution in [2.24, 2.45) is 0 Å². The van der Waals surface area contributed by atoms with Crippen molar-refractivity contribution in [3.05, 3.63) is 35.4 Å². The minimum atomic E-state index is -0.336. The van der Waals surface area contributed by atoms with Crippen LogP contribution in [0.1, 0.15) is 11.4 Å². The number of rotatable bonds is 3. The molecule has 1 heterocycles. The highest BCUT2D eigenvalue weighted by Crippen LogP contribution is 2.25. The van der Waals surface area contributed by atoms with Gasteiger partial charge in [0.25, 0.3) is 0 Å². The Bertz CT molecular complexity index is 480. The second-order valence-electron chi connectivity index (χ2n) is 3.31. The number of nitrogen functional groups attached to an aromatic ring is 1. The van der Waals surface area contributed by atoms with Gasteiger partial charge in [0.2, 0.25) is 0 Å². The Morgan fingerprint density at radius 1 is 1.38 bits per heavy atom. The topological polar surface area (TPSA) is 64.9 Å². The normalized spacial score (nSPS) is 10.6. The van der Waals surface area contributed by atoms with E-state index < -0.39 is 0 Å². The van der Waals surface area contributed by atoms with E-state index in [2.05, 4.69) is 14.9 Å². The van der Waals surface area contributed by atoms with Gasteiger partial charge in [-0.1, -0.05) is 10.3 Å². The molecule has 0 aliphatic rings. The molecule has 16 heavy (non-hydrogen) atoms. The molecular weight excluding hydrogens is 229 g/mol. The molecule has 0 radical (unpaired) electrons. The van der Waals surface area contributed by atoms with Gasteiger partial charge >= 0.3 is 0 Å². The molecule has 2 rings (SSSR count). The molecule has 0 aliphatic carbocycles. The summed E-state index contributed by atoms with van der Waals surface area (Å²) in [5.74, 6) is 0.246. The van der Waals surface area contributed by atoms with Crippen molar-refractivity contribution in [3.63, 3.8) is 0 Å². The van der Waals surface area contributed by atoms with Gasteiger partial charge in [-0.3, -0.25) is 0 Å². The van der Waals surface area contributed by atoms with Crippen LogP contribution in [0, 0.1) is 12.7 Å². The summed E-state index contributed by atoms with van der Waals surface area (Å²) in [5, 5.41) is 7.41. The van der Waals surface area contributed by atoms with Crippen molar-refractivity contribution in [1.29, 1.82) is 0 Å². The lowest BCUT2D eigenvalue weighted by atomic mass is 10.3. The van der Waals surface area contributed by atoms with Gasteiger partial charge in [0.15, 0.2) is 0 Å². The molecule has 6 heteroatoms. The molecule has 0 atom stereocenters. The Balaban J connectivity index is 2.07. The van der Waals surface area contributed by atoms with Gasteiger partial charge in [-0.15, -0.1) is 11.8 Å². The fourth-order valence-corrected chi connectivity index (χ4v) is 2.18. The van der Waals surface area contributed by atoms with Gasteiger partial charge in [-0.2, -0.15) is 0 Å². The zero-order valence-corrected chi connectivity index (χ0v) is 9.42. The minimum absolute atomic E-state index is 0.336. The summed E-state index contributed by atoms with van der Waals surface area (Å²) < 4.78 is 17.6. The van der Waals surface area contributed by atoms with Gasteiger partial charge in [-0.05, 0) is 25.1 Å². The molecule has 0 aliphatic heterocycles. The zero-order chi connectivity index (χ0) is 11.5. The molecule has 84 valence electrons. The van der Waals surface area contributed by atoms with E-state index in [-0.39, 0.29) is 5.82 Å². The lowest BCUT2D eigenvalue weighted by Crippen LogP contribution is -1.89. The summed E-state index contributed by atoms with van der Waals surface area (Å²) in [6.07, 6.45) is 0. The highest BCUT2D eigenvalue weighted by atomic mass is 32.2. The van der Waals surface area contributed by atoms with Crippen LogP contribution >= 0.6 is 11.8 Å². The van der Waals surface area contributed by atoms with E-state index >= 15 is 0 Å². The second kappa shape index (κ2) is 4.52. The second-order valence-corrected chi connectivity index (χ2v) is 4.35. The average molecular weight is 239 g/mol. The molecule has 0 amide bonds. The van der Waals surface area contributed by atoms with Gasteiger partial charge in [-0.25, -0.2) is 9.02 Å². The fourth-order valence-electron chi connectivity index (χ4n) is 1.20. The van der Waals surface area contributed by atoms with E-state index in [0.717, 1.165) is 16.3 Å². The molecule has 0 spiro atoms. The third-order valence-corrected chi connectivity index (χ3v) is 3.00. The Kier molecular flexibility index (Phi) is 3.09. The first-order valence-electron chi connectivity index (χ1n) is 4.62. The summed E-state index contributed by atoms with van der Waals surface area (Å²) in [4.78, 5) is 0.764. The molecule has 0 saturated carbocycles. The van der Waals surface area contributed by atoms with Crippen LogP contribution in [0.3, 0.4) is 0 Å². The van der Waals surface area contributed by atoms with Gasteiger partial charge in [0, 0.05) is 16.3 Å². The molecule has 2 aromatic rings. The largest absolute Gasteiger partial charge is 0.399 e. The van der Waals surface area contributed by atoms with Crippen molar-refractivity contribution < 1.29 is 9.02 Å². The number of hydrogen-bond donors (Lipinski definition) is 1. The third-order valence-electron chi connectivity index (χ3n) is 2.02. The number of nitrogens with two attached hydrogens (primary N) is 1. The van der Waals surface area contributed by atoms with Crippen LogP contribution < -0.4 is 5.73 Å². The fraction of sp³-hybridized carbons (Fsp3) is 0.200. The van der Waals surface area contributed by atoms with E-state index in [1.54, 1.807) is 6.07 Å². The van der Waals surface area contributed by atoms with Gasteiger partial charge < -0.3 is 5.73 Å². The molecule has 4 nitrogen and oxygen atoms in total. The first-order valence-corrected chi connectivity index (χ1v) is 5.60. The van der Waals surface area contributed by atoms with E-state index in [9.17, 15) is 4.39 Å². The van der Waals surface area contributed by atoms with Crippen molar-refractivity contribution in [2.75, 3.05) is 5.73 Å². The summed E-state index contributed by atoms with van der Waals surface area (Å²) in [5.41, 5.74) is 7.46. The zero-order valence-electron chi connectivity index (χ0n) is 8.61. The van der Waals surface area contributed by atoms with Crippen LogP contribution in [0.4, 0.5) is 10.1 Å². The van der Waals surface area contributed by atoms with E-state index in [4.69, 9.17) is 5.73 Å². The quantitative estimate of drug-likeness (QED) is 0.658. The van der Waals surface area contributed by atoms with Crippen LogP contribution in [0.2, 0.25) is 0 Å². The summed E-state index contributed by atoms with van der Waals surface area (Å²) in [6, 6.07) is 4.44. The van der Waals surface area contributed by atoms with Crippen LogP contribution in [0.5, 0.6) is 0 Å². The van der Waals surface area contributed by atoms with Crippen LogP contribution in [0.15, 0.2) is 27.7 Å². The molecule has 0 unspecified atom stereocenters. The molecule has 2 N–H and O–H groups in total. The smallest absolute Gasteiger partial charge is 0.126 e. The molecular formula is C10H10FN3OS. The van der Waals surface area contributed by atoms with Crippen molar-refractivity contribution in [2.45, 2.75) is 17.6 Å². The van der Waals surface area contributed by atoms with Crippen LogP contribution in [-0.4, -0.2) is 10.3 Å². The maximum Gasteiger partial charge on any atom is 0.126 e. The lowest BCUT2D eigenvalue weighted by molar-refractivity contribution is 0.302. The van der Waals surface area contributed by atoms with E-state index in [1.165, 1.54) is 23.9 Å². The maximum absolute atomic E-state index is 13.0. The maximum atomic E-state index is 13.0. The highest BCUT2D eigenvalue weighted by Gasteiger charge is 2.06. The number of anilines is 1. The van der Waals surface area contributed by atoms with Crippen LogP contribution in [0.25, 0.3) is 0 Å². The number of benzene rings is 1. The molecule has 1 aromatic carbocycles. The van der Waals surface area contributed by atoms with Crippen molar-refractivity contribution >= 4 is 17.4 Å². The van der Waals surface area contributed by atoms with E-state index in [1.807, 2.05) is 6.92 Å². The number of thioether (sulfide) groups is 1. The summed E-state index contributed by atoms with van der Waals surface area (Å²) in [6.45, 7) is 1.81. The number of aryl methyl sites for hydroxylation is 1. The van der Waals surface area contributed by atoms with Crippen molar-refractivity contribution in [1.82, 2.24) is 10.3 Å². The number of nitrogens with zero attached hydrogens (tertiary/aromatic N) is 2.